The average Bonchev–Trinajstić information content (AvgIpc) is 3.08. The Morgan fingerprint density at radius 3 is 2.59 bits per heavy atom. The van der Waals surface area contributed by atoms with Crippen LogP contribution in [0.25, 0.3) is 22.3 Å². The van der Waals surface area contributed by atoms with E-state index >= 15 is 0 Å². The van der Waals surface area contributed by atoms with Crippen LogP contribution in [0.4, 0.5) is 0 Å². The van der Waals surface area contributed by atoms with Crippen molar-refractivity contribution in [1.29, 1.82) is 0 Å². The fraction of sp³-hybridized carbons (Fsp3) is 0.316. The number of halogens is 2. The van der Waals surface area contributed by atoms with Gasteiger partial charge in [0.05, 0.1) is 22.8 Å². The van der Waals surface area contributed by atoms with Crippen molar-refractivity contribution in [1.82, 2.24) is 20.1 Å². The van der Waals surface area contributed by atoms with Crippen LogP contribution in [0.2, 0.25) is 0 Å². The van der Waals surface area contributed by atoms with Crippen molar-refractivity contribution >= 4 is 41.8 Å². The standard InChI is InChI=1S/C19H23N5O.2ClH/c1-3-24-18-16(12-22-24)15(19(25)21-11-13(2)10-20)9-17(23-18)14-7-5-4-6-8-14;;/h4-9,12-13H,3,10-11,20H2,1-2H3,(H,21,25);2*1H. The van der Waals surface area contributed by atoms with E-state index in [9.17, 15) is 4.79 Å². The van der Waals surface area contributed by atoms with Gasteiger partial charge in [0.1, 0.15) is 0 Å². The number of hydrogen-bond acceptors (Lipinski definition) is 4. The molecule has 27 heavy (non-hydrogen) atoms. The van der Waals surface area contributed by atoms with Crippen LogP contribution in [0, 0.1) is 5.92 Å². The molecule has 3 N–H and O–H groups in total. The molecule has 1 atom stereocenters. The first kappa shape index (κ1) is 22.9. The fourth-order valence-electron chi connectivity index (χ4n) is 2.67. The Hall–Kier alpha value is -2.15. The lowest BCUT2D eigenvalue weighted by Crippen LogP contribution is -2.31. The van der Waals surface area contributed by atoms with Gasteiger partial charge >= 0.3 is 0 Å². The van der Waals surface area contributed by atoms with Gasteiger partial charge in [0.15, 0.2) is 5.65 Å². The van der Waals surface area contributed by atoms with E-state index in [1.54, 1.807) is 10.9 Å². The lowest BCUT2D eigenvalue weighted by atomic mass is 10.1. The second-order valence-electron chi connectivity index (χ2n) is 6.17. The SMILES string of the molecule is CCn1ncc2c(C(=O)NCC(C)CN)cc(-c3ccccc3)nc21.Cl.Cl. The van der Waals surface area contributed by atoms with E-state index in [0.717, 1.165) is 22.3 Å². The summed E-state index contributed by atoms with van der Waals surface area (Å²) in [6.45, 7) is 5.79. The average molecular weight is 410 g/mol. The van der Waals surface area contributed by atoms with Gasteiger partial charge in [0.2, 0.25) is 0 Å². The number of carbonyl (C=O) groups excluding carboxylic acids is 1. The number of pyridine rings is 1. The smallest absolute Gasteiger partial charge is 0.252 e. The summed E-state index contributed by atoms with van der Waals surface area (Å²) in [5.74, 6) is 0.105. The highest BCUT2D eigenvalue weighted by Crippen LogP contribution is 2.24. The van der Waals surface area contributed by atoms with E-state index in [4.69, 9.17) is 10.7 Å². The predicted molar refractivity (Wildman–Crippen MR) is 114 cm³/mol. The number of nitrogens with zero attached hydrogens (tertiary/aromatic N) is 3. The molecule has 2 heterocycles. The Morgan fingerprint density at radius 1 is 1.26 bits per heavy atom. The number of nitrogens with one attached hydrogen (secondary N) is 1. The number of aromatic nitrogens is 3. The van der Waals surface area contributed by atoms with Crippen LogP contribution in [0.3, 0.4) is 0 Å². The number of amides is 1. The quantitative estimate of drug-likeness (QED) is 0.653. The Labute approximate surface area is 171 Å². The van der Waals surface area contributed by atoms with Gasteiger partial charge in [0.25, 0.3) is 5.91 Å². The van der Waals surface area contributed by atoms with Crippen molar-refractivity contribution in [2.45, 2.75) is 20.4 Å². The predicted octanol–water partition coefficient (Wildman–Crippen LogP) is 3.29. The Balaban J connectivity index is 0.00000182. The van der Waals surface area contributed by atoms with Gasteiger partial charge in [-0.1, -0.05) is 37.3 Å². The highest BCUT2D eigenvalue weighted by atomic mass is 35.5. The van der Waals surface area contributed by atoms with Gasteiger partial charge < -0.3 is 11.1 Å². The molecule has 146 valence electrons. The number of benzene rings is 1. The highest BCUT2D eigenvalue weighted by molar-refractivity contribution is 6.06. The minimum absolute atomic E-state index is 0. The molecule has 0 spiro atoms. The Bertz CT molecular complexity index is 882. The number of carbonyl (C=O) groups is 1. The number of aryl methyl sites for hydroxylation is 1. The van der Waals surface area contributed by atoms with Crippen LogP contribution in [0.15, 0.2) is 42.6 Å². The number of rotatable bonds is 6. The van der Waals surface area contributed by atoms with Crippen molar-refractivity contribution in [3.05, 3.63) is 48.2 Å². The van der Waals surface area contributed by atoms with Crippen LogP contribution < -0.4 is 11.1 Å². The molecule has 6 nitrogen and oxygen atoms in total. The molecule has 1 amide bonds. The molecule has 0 radical (unpaired) electrons. The minimum Gasteiger partial charge on any atom is -0.352 e. The zero-order valence-corrected chi connectivity index (χ0v) is 17.0. The third-order valence-corrected chi connectivity index (χ3v) is 4.24. The van der Waals surface area contributed by atoms with Gasteiger partial charge in [-0.15, -0.1) is 24.8 Å². The van der Waals surface area contributed by atoms with E-state index in [-0.39, 0.29) is 36.6 Å². The zero-order valence-electron chi connectivity index (χ0n) is 15.4. The molecular weight excluding hydrogens is 385 g/mol. The lowest BCUT2D eigenvalue weighted by Gasteiger charge is -2.12. The molecule has 2 aromatic heterocycles. The molecule has 3 rings (SSSR count). The van der Waals surface area contributed by atoms with Gasteiger partial charge in [-0.3, -0.25) is 4.79 Å². The molecule has 0 aliphatic heterocycles. The van der Waals surface area contributed by atoms with Gasteiger partial charge in [-0.05, 0) is 25.5 Å². The van der Waals surface area contributed by atoms with Crippen LogP contribution in [-0.2, 0) is 6.54 Å². The fourth-order valence-corrected chi connectivity index (χ4v) is 2.67. The van der Waals surface area contributed by atoms with Gasteiger partial charge in [0, 0.05) is 18.7 Å². The topological polar surface area (TPSA) is 85.8 Å². The Morgan fingerprint density at radius 2 is 1.96 bits per heavy atom. The van der Waals surface area contributed by atoms with Crippen molar-refractivity contribution in [3.63, 3.8) is 0 Å². The summed E-state index contributed by atoms with van der Waals surface area (Å²) in [4.78, 5) is 17.5. The molecule has 1 unspecified atom stereocenters. The molecule has 0 aliphatic carbocycles. The molecule has 8 heteroatoms. The first-order valence-corrected chi connectivity index (χ1v) is 8.54. The van der Waals surface area contributed by atoms with Crippen molar-refractivity contribution in [3.8, 4) is 11.3 Å². The third-order valence-electron chi connectivity index (χ3n) is 4.24. The van der Waals surface area contributed by atoms with E-state index in [1.807, 2.05) is 50.2 Å². The molecule has 3 aromatic rings. The third kappa shape index (κ3) is 4.97. The minimum atomic E-state index is -0.125. The molecular formula is C19H25Cl2N5O. The summed E-state index contributed by atoms with van der Waals surface area (Å²) >= 11 is 0. The normalized spacial score (nSPS) is 11.4. The second kappa shape index (κ2) is 10.3. The van der Waals surface area contributed by atoms with Crippen molar-refractivity contribution in [2.24, 2.45) is 11.7 Å². The molecule has 0 saturated heterocycles. The molecule has 0 saturated carbocycles. The molecule has 0 bridgehead atoms. The summed E-state index contributed by atoms with van der Waals surface area (Å²) in [7, 11) is 0. The van der Waals surface area contributed by atoms with Gasteiger partial charge in [-0.25, -0.2) is 9.67 Å². The first-order chi connectivity index (χ1) is 12.1. The Kier molecular flexibility index (Phi) is 8.69. The van der Waals surface area contributed by atoms with Crippen LogP contribution in [0.5, 0.6) is 0 Å². The van der Waals surface area contributed by atoms with Gasteiger partial charge in [-0.2, -0.15) is 5.10 Å². The highest BCUT2D eigenvalue weighted by Gasteiger charge is 2.17. The maximum absolute atomic E-state index is 12.7. The lowest BCUT2D eigenvalue weighted by molar-refractivity contribution is 0.0950. The maximum Gasteiger partial charge on any atom is 0.252 e. The monoisotopic (exact) mass is 409 g/mol. The maximum atomic E-state index is 12.7. The van der Waals surface area contributed by atoms with Crippen molar-refractivity contribution in [2.75, 3.05) is 13.1 Å². The summed E-state index contributed by atoms with van der Waals surface area (Å²) in [5.41, 5.74) is 8.68. The zero-order chi connectivity index (χ0) is 17.8. The van der Waals surface area contributed by atoms with E-state index in [1.165, 1.54) is 0 Å². The molecule has 0 aliphatic rings. The van der Waals surface area contributed by atoms with Crippen LogP contribution >= 0.6 is 24.8 Å². The van der Waals surface area contributed by atoms with E-state index in [2.05, 4.69) is 10.4 Å². The first-order valence-electron chi connectivity index (χ1n) is 8.54. The van der Waals surface area contributed by atoms with E-state index in [0.29, 0.717) is 25.2 Å². The number of hydrogen-bond donors (Lipinski definition) is 2. The largest absolute Gasteiger partial charge is 0.352 e. The number of nitrogens with two attached hydrogens (primary N) is 1. The summed E-state index contributed by atoms with van der Waals surface area (Å²) in [6, 6.07) is 11.7. The summed E-state index contributed by atoms with van der Waals surface area (Å²) in [5, 5.41) is 8.08. The molecule has 1 aromatic carbocycles. The van der Waals surface area contributed by atoms with Crippen LogP contribution in [-0.4, -0.2) is 33.8 Å². The van der Waals surface area contributed by atoms with E-state index < -0.39 is 0 Å². The second-order valence-corrected chi connectivity index (χ2v) is 6.17. The molecule has 0 fully saturated rings. The number of fused-ring (bicyclic) bond motifs is 1. The summed E-state index contributed by atoms with van der Waals surface area (Å²) < 4.78 is 1.81. The van der Waals surface area contributed by atoms with Crippen LogP contribution in [0.1, 0.15) is 24.2 Å². The van der Waals surface area contributed by atoms with Crippen molar-refractivity contribution < 1.29 is 4.79 Å². The summed E-state index contributed by atoms with van der Waals surface area (Å²) in [6.07, 6.45) is 1.71.